The number of morpholine rings is 1. The van der Waals surface area contributed by atoms with Gasteiger partial charge in [-0.15, -0.1) is 5.10 Å². The molecule has 1 aromatic heterocycles. The van der Waals surface area contributed by atoms with Gasteiger partial charge in [0.2, 0.25) is 10.0 Å². The Bertz CT molecular complexity index is 925. The van der Waals surface area contributed by atoms with Crippen molar-refractivity contribution in [2.24, 2.45) is 7.05 Å². The van der Waals surface area contributed by atoms with Crippen molar-refractivity contribution in [2.45, 2.75) is 31.8 Å². The van der Waals surface area contributed by atoms with Gasteiger partial charge in [-0.1, -0.05) is 0 Å². The molecule has 1 fully saturated rings. The number of hydrogen-bond donors (Lipinski definition) is 0. The first-order valence-corrected chi connectivity index (χ1v) is 9.70. The molecule has 2 aromatic rings. The number of hydrogen-bond acceptors (Lipinski definition) is 7. The van der Waals surface area contributed by atoms with Crippen LogP contribution in [0.3, 0.4) is 0 Å². The standard InChI is InChI=1S/C16H23N5O4S/c1-10-8-13(24-5)11(2)12(3)15(10)26(22,23)21-6-7-25-14(9-21)16-17-18-19-20(16)4/h8,14H,6-7,9H2,1-5H3. The second-order valence-electron chi connectivity index (χ2n) is 6.36. The molecule has 10 heteroatoms. The van der Waals surface area contributed by atoms with Crippen molar-refractivity contribution in [2.75, 3.05) is 26.8 Å². The number of ether oxygens (including phenoxy) is 2. The Morgan fingerprint density at radius 3 is 2.62 bits per heavy atom. The second-order valence-corrected chi connectivity index (χ2v) is 8.23. The molecule has 0 bridgehead atoms. The molecule has 1 unspecified atom stereocenters. The van der Waals surface area contributed by atoms with Gasteiger partial charge in [0.15, 0.2) is 5.82 Å². The lowest BCUT2D eigenvalue weighted by atomic mass is 10.1. The molecule has 1 atom stereocenters. The van der Waals surface area contributed by atoms with Crippen LogP contribution in [0.15, 0.2) is 11.0 Å². The lowest BCUT2D eigenvalue weighted by molar-refractivity contribution is -0.00954. The van der Waals surface area contributed by atoms with Gasteiger partial charge in [-0.3, -0.25) is 0 Å². The van der Waals surface area contributed by atoms with Crippen molar-refractivity contribution < 1.29 is 17.9 Å². The number of tetrazole rings is 1. The van der Waals surface area contributed by atoms with Crippen molar-refractivity contribution in [1.29, 1.82) is 0 Å². The normalized spacial score (nSPS) is 18.9. The summed E-state index contributed by atoms with van der Waals surface area (Å²) in [4.78, 5) is 0.326. The summed E-state index contributed by atoms with van der Waals surface area (Å²) in [5.74, 6) is 1.19. The molecular formula is C16H23N5O4S. The molecule has 142 valence electrons. The van der Waals surface area contributed by atoms with E-state index in [0.717, 1.165) is 5.56 Å². The zero-order valence-electron chi connectivity index (χ0n) is 15.6. The molecule has 1 aromatic carbocycles. The maximum Gasteiger partial charge on any atom is 0.243 e. The smallest absolute Gasteiger partial charge is 0.243 e. The van der Waals surface area contributed by atoms with Gasteiger partial charge >= 0.3 is 0 Å². The molecule has 0 saturated carbocycles. The maximum absolute atomic E-state index is 13.4. The minimum atomic E-state index is -3.69. The Morgan fingerprint density at radius 1 is 1.27 bits per heavy atom. The van der Waals surface area contributed by atoms with E-state index >= 15 is 0 Å². The van der Waals surface area contributed by atoms with E-state index in [1.165, 1.54) is 8.99 Å². The fourth-order valence-corrected chi connectivity index (χ4v) is 5.18. The average Bonchev–Trinajstić information content (AvgIpc) is 3.04. The monoisotopic (exact) mass is 381 g/mol. The quantitative estimate of drug-likeness (QED) is 0.776. The van der Waals surface area contributed by atoms with E-state index in [9.17, 15) is 8.42 Å². The fraction of sp³-hybridized carbons (Fsp3) is 0.562. The van der Waals surface area contributed by atoms with E-state index < -0.39 is 16.1 Å². The van der Waals surface area contributed by atoms with Gasteiger partial charge in [0.05, 0.1) is 18.6 Å². The summed E-state index contributed by atoms with van der Waals surface area (Å²) in [6.07, 6.45) is -0.501. The maximum atomic E-state index is 13.4. The van der Waals surface area contributed by atoms with Crippen LogP contribution < -0.4 is 4.74 Å². The molecule has 1 aliphatic heterocycles. The predicted octanol–water partition coefficient (Wildman–Crippen LogP) is 0.906. The summed E-state index contributed by atoms with van der Waals surface area (Å²) in [6.45, 7) is 6.19. The van der Waals surface area contributed by atoms with E-state index in [2.05, 4.69) is 15.5 Å². The molecule has 26 heavy (non-hydrogen) atoms. The van der Waals surface area contributed by atoms with Gasteiger partial charge in [0, 0.05) is 20.1 Å². The first kappa shape index (κ1) is 18.7. The highest BCUT2D eigenvalue weighted by Crippen LogP contribution is 2.33. The zero-order chi connectivity index (χ0) is 19.1. The van der Waals surface area contributed by atoms with Crippen LogP contribution in [0.2, 0.25) is 0 Å². The highest BCUT2D eigenvalue weighted by atomic mass is 32.2. The minimum absolute atomic E-state index is 0.167. The highest BCUT2D eigenvalue weighted by Gasteiger charge is 2.35. The van der Waals surface area contributed by atoms with Crippen LogP contribution in [0.5, 0.6) is 5.75 Å². The molecule has 1 aliphatic rings. The van der Waals surface area contributed by atoms with E-state index in [1.807, 2.05) is 13.8 Å². The van der Waals surface area contributed by atoms with E-state index in [-0.39, 0.29) is 19.7 Å². The zero-order valence-corrected chi connectivity index (χ0v) is 16.4. The first-order chi connectivity index (χ1) is 12.3. The summed E-state index contributed by atoms with van der Waals surface area (Å²) in [6, 6.07) is 1.76. The number of sulfonamides is 1. The Morgan fingerprint density at radius 2 is 2.00 bits per heavy atom. The summed E-state index contributed by atoms with van der Waals surface area (Å²) < 4.78 is 40.7. The van der Waals surface area contributed by atoms with E-state index in [1.54, 1.807) is 27.1 Å². The summed E-state index contributed by atoms with van der Waals surface area (Å²) in [7, 11) is -0.406. The molecule has 2 heterocycles. The van der Waals surface area contributed by atoms with Crippen LogP contribution >= 0.6 is 0 Å². The molecule has 9 nitrogen and oxygen atoms in total. The van der Waals surface area contributed by atoms with Crippen molar-refractivity contribution in [1.82, 2.24) is 24.5 Å². The van der Waals surface area contributed by atoms with Crippen LogP contribution in [0.25, 0.3) is 0 Å². The van der Waals surface area contributed by atoms with Crippen molar-refractivity contribution in [3.05, 3.63) is 28.6 Å². The van der Waals surface area contributed by atoms with Gasteiger partial charge in [0.1, 0.15) is 11.9 Å². The molecule has 0 N–H and O–H groups in total. The first-order valence-electron chi connectivity index (χ1n) is 8.26. The number of benzene rings is 1. The van der Waals surface area contributed by atoms with Gasteiger partial charge < -0.3 is 9.47 Å². The largest absolute Gasteiger partial charge is 0.496 e. The summed E-state index contributed by atoms with van der Waals surface area (Å²) in [5, 5.41) is 11.3. The van der Waals surface area contributed by atoms with Crippen LogP contribution in [0, 0.1) is 20.8 Å². The Kier molecular flexibility index (Phi) is 5.00. The molecule has 0 aliphatic carbocycles. The van der Waals surface area contributed by atoms with Crippen LogP contribution in [0.1, 0.15) is 28.6 Å². The van der Waals surface area contributed by atoms with E-state index in [0.29, 0.717) is 27.6 Å². The summed E-state index contributed by atoms with van der Waals surface area (Å²) >= 11 is 0. The molecule has 0 radical (unpaired) electrons. The van der Waals surface area contributed by atoms with Crippen molar-refractivity contribution in [3.63, 3.8) is 0 Å². The third kappa shape index (κ3) is 3.08. The van der Waals surface area contributed by atoms with Crippen LogP contribution in [-0.2, 0) is 21.8 Å². The molecule has 0 spiro atoms. The topological polar surface area (TPSA) is 99.4 Å². The third-order valence-electron chi connectivity index (χ3n) is 4.77. The SMILES string of the molecule is COc1cc(C)c(S(=O)(=O)N2CCOC(c3nnnn3C)C2)c(C)c1C. The molecular weight excluding hydrogens is 358 g/mol. The van der Waals surface area contributed by atoms with Gasteiger partial charge in [0.25, 0.3) is 0 Å². The lowest BCUT2D eigenvalue weighted by Gasteiger charge is -2.32. The van der Waals surface area contributed by atoms with Crippen molar-refractivity contribution >= 4 is 10.0 Å². The van der Waals surface area contributed by atoms with Gasteiger partial charge in [-0.05, 0) is 54.0 Å². The van der Waals surface area contributed by atoms with Gasteiger partial charge in [-0.25, -0.2) is 13.1 Å². The Labute approximate surface area is 152 Å². The Hall–Kier alpha value is -2.04. The number of rotatable bonds is 4. The molecule has 1 saturated heterocycles. The second kappa shape index (κ2) is 6.93. The fourth-order valence-electron chi connectivity index (χ4n) is 3.27. The summed E-state index contributed by atoms with van der Waals surface area (Å²) in [5.41, 5.74) is 2.18. The van der Waals surface area contributed by atoms with Crippen LogP contribution in [0.4, 0.5) is 0 Å². The number of nitrogens with zero attached hydrogens (tertiary/aromatic N) is 5. The van der Waals surface area contributed by atoms with E-state index in [4.69, 9.17) is 9.47 Å². The minimum Gasteiger partial charge on any atom is -0.496 e. The third-order valence-corrected chi connectivity index (χ3v) is 6.92. The molecule has 3 rings (SSSR count). The molecule has 0 amide bonds. The average molecular weight is 381 g/mol. The Balaban J connectivity index is 1.98. The highest BCUT2D eigenvalue weighted by molar-refractivity contribution is 7.89. The van der Waals surface area contributed by atoms with Crippen LogP contribution in [-0.4, -0.2) is 59.7 Å². The lowest BCUT2D eigenvalue weighted by Crippen LogP contribution is -2.43. The number of aromatic nitrogens is 4. The number of aryl methyl sites for hydroxylation is 2. The van der Waals surface area contributed by atoms with Gasteiger partial charge in [-0.2, -0.15) is 4.31 Å². The predicted molar refractivity (Wildman–Crippen MR) is 93.5 cm³/mol. The number of methoxy groups -OCH3 is 1. The van der Waals surface area contributed by atoms with Crippen molar-refractivity contribution in [3.8, 4) is 5.75 Å².